The average Bonchev–Trinajstić information content (AvgIpc) is 2.90. The van der Waals surface area contributed by atoms with Crippen LogP contribution in [0.3, 0.4) is 0 Å². The summed E-state index contributed by atoms with van der Waals surface area (Å²) in [5.41, 5.74) is 0.714. The van der Waals surface area contributed by atoms with Gasteiger partial charge in [-0.3, -0.25) is 4.90 Å². The van der Waals surface area contributed by atoms with Gasteiger partial charge >= 0.3 is 0 Å². The van der Waals surface area contributed by atoms with Crippen LogP contribution in [0.5, 0.6) is 0 Å². The molecule has 0 radical (unpaired) electrons. The van der Waals surface area contributed by atoms with Crippen LogP contribution in [-0.4, -0.2) is 27.7 Å². The maximum atomic E-state index is 6.17. The molecule has 1 unspecified atom stereocenters. The van der Waals surface area contributed by atoms with Crippen molar-refractivity contribution in [3.05, 3.63) is 34.1 Å². The Labute approximate surface area is 134 Å². The van der Waals surface area contributed by atoms with E-state index in [2.05, 4.69) is 22.0 Å². The first-order valence-electron chi connectivity index (χ1n) is 7.15. The molecule has 1 fully saturated rings. The molecule has 1 atom stereocenters. The molecular formula is C15H17Cl2N3O. The minimum Gasteiger partial charge on any atom is -0.419 e. The van der Waals surface area contributed by atoms with Crippen LogP contribution >= 0.6 is 23.2 Å². The van der Waals surface area contributed by atoms with Crippen molar-refractivity contribution < 1.29 is 4.42 Å². The van der Waals surface area contributed by atoms with Gasteiger partial charge < -0.3 is 4.42 Å². The summed E-state index contributed by atoms with van der Waals surface area (Å²) in [5.74, 6) is 1.07. The molecule has 1 aromatic carbocycles. The van der Waals surface area contributed by atoms with E-state index in [-0.39, 0.29) is 0 Å². The molecular weight excluding hydrogens is 309 g/mol. The topological polar surface area (TPSA) is 42.2 Å². The van der Waals surface area contributed by atoms with E-state index >= 15 is 0 Å². The van der Waals surface area contributed by atoms with Crippen LogP contribution in [0.25, 0.3) is 11.5 Å². The first-order valence-corrected chi connectivity index (χ1v) is 7.91. The fraction of sp³-hybridized carbons (Fsp3) is 0.467. The van der Waals surface area contributed by atoms with E-state index in [1.807, 2.05) is 0 Å². The maximum absolute atomic E-state index is 6.17. The second-order valence-corrected chi connectivity index (χ2v) is 6.28. The van der Waals surface area contributed by atoms with Gasteiger partial charge in [0.25, 0.3) is 0 Å². The lowest BCUT2D eigenvalue weighted by atomic mass is 10.0. The Balaban J connectivity index is 1.76. The van der Waals surface area contributed by atoms with E-state index in [0.717, 1.165) is 6.54 Å². The van der Waals surface area contributed by atoms with Crippen molar-refractivity contribution in [2.45, 2.75) is 38.8 Å². The molecule has 0 spiro atoms. The van der Waals surface area contributed by atoms with E-state index in [4.69, 9.17) is 27.6 Å². The minimum atomic E-state index is 0.441. The largest absolute Gasteiger partial charge is 0.419 e. The van der Waals surface area contributed by atoms with Gasteiger partial charge in [0.2, 0.25) is 11.8 Å². The first kappa shape index (κ1) is 14.8. The van der Waals surface area contributed by atoms with Crippen molar-refractivity contribution in [2.24, 2.45) is 0 Å². The monoisotopic (exact) mass is 325 g/mol. The molecule has 112 valence electrons. The Morgan fingerprint density at radius 2 is 2.14 bits per heavy atom. The normalized spacial score (nSPS) is 19.9. The molecule has 0 N–H and O–H groups in total. The molecule has 0 bridgehead atoms. The quantitative estimate of drug-likeness (QED) is 0.837. The highest BCUT2D eigenvalue weighted by Crippen LogP contribution is 2.29. The van der Waals surface area contributed by atoms with Crippen LogP contribution in [0.2, 0.25) is 10.0 Å². The van der Waals surface area contributed by atoms with Gasteiger partial charge in [0.15, 0.2) is 0 Å². The molecule has 6 heteroatoms. The molecule has 0 amide bonds. The van der Waals surface area contributed by atoms with Gasteiger partial charge in [-0.25, -0.2) is 0 Å². The average molecular weight is 326 g/mol. The lowest BCUT2D eigenvalue weighted by Gasteiger charge is -2.31. The Morgan fingerprint density at radius 3 is 2.90 bits per heavy atom. The summed E-state index contributed by atoms with van der Waals surface area (Å²) in [4.78, 5) is 2.38. The summed E-state index contributed by atoms with van der Waals surface area (Å²) in [6, 6.07) is 5.80. The highest BCUT2D eigenvalue weighted by atomic mass is 35.5. The SMILES string of the molecule is CC1CCCCN1Cc1nnc(-c2ccc(Cl)cc2Cl)o1. The lowest BCUT2D eigenvalue weighted by molar-refractivity contribution is 0.139. The summed E-state index contributed by atoms with van der Waals surface area (Å²) < 4.78 is 5.75. The van der Waals surface area contributed by atoms with Gasteiger partial charge in [-0.15, -0.1) is 10.2 Å². The Bertz CT molecular complexity index is 629. The van der Waals surface area contributed by atoms with Gasteiger partial charge in [-0.1, -0.05) is 29.6 Å². The van der Waals surface area contributed by atoms with Crippen molar-refractivity contribution in [1.82, 2.24) is 15.1 Å². The molecule has 0 aliphatic carbocycles. The van der Waals surface area contributed by atoms with E-state index in [1.54, 1.807) is 18.2 Å². The summed E-state index contributed by atoms with van der Waals surface area (Å²) in [6.07, 6.45) is 3.76. The Hall–Kier alpha value is -1.10. The van der Waals surface area contributed by atoms with Crippen LogP contribution in [0, 0.1) is 0 Å². The first-order chi connectivity index (χ1) is 10.1. The second-order valence-electron chi connectivity index (χ2n) is 5.44. The summed E-state index contributed by atoms with van der Waals surface area (Å²) in [5, 5.41) is 9.34. The van der Waals surface area contributed by atoms with Crippen molar-refractivity contribution >= 4 is 23.2 Å². The number of hydrogen-bond donors (Lipinski definition) is 0. The van der Waals surface area contributed by atoms with Crippen molar-refractivity contribution in [3.8, 4) is 11.5 Å². The summed E-state index contributed by atoms with van der Waals surface area (Å²) >= 11 is 12.1. The maximum Gasteiger partial charge on any atom is 0.249 e. The number of nitrogens with zero attached hydrogens (tertiary/aromatic N) is 3. The van der Waals surface area contributed by atoms with E-state index in [9.17, 15) is 0 Å². The smallest absolute Gasteiger partial charge is 0.249 e. The number of likely N-dealkylation sites (tertiary alicyclic amines) is 1. The van der Waals surface area contributed by atoms with E-state index < -0.39 is 0 Å². The zero-order valence-corrected chi connectivity index (χ0v) is 13.4. The van der Waals surface area contributed by atoms with Crippen molar-refractivity contribution in [1.29, 1.82) is 0 Å². The third-order valence-corrected chi connectivity index (χ3v) is 4.46. The fourth-order valence-electron chi connectivity index (χ4n) is 2.66. The highest BCUT2D eigenvalue weighted by molar-refractivity contribution is 6.36. The molecule has 0 saturated carbocycles. The van der Waals surface area contributed by atoms with Gasteiger partial charge in [0, 0.05) is 11.1 Å². The fourth-order valence-corrected chi connectivity index (χ4v) is 3.14. The number of hydrogen-bond acceptors (Lipinski definition) is 4. The number of piperidine rings is 1. The molecule has 1 saturated heterocycles. The van der Waals surface area contributed by atoms with E-state index in [0.29, 0.717) is 40.0 Å². The van der Waals surface area contributed by atoms with Crippen LogP contribution < -0.4 is 0 Å². The van der Waals surface area contributed by atoms with Gasteiger partial charge in [0.1, 0.15) is 0 Å². The van der Waals surface area contributed by atoms with Crippen LogP contribution in [0.1, 0.15) is 32.1 Å². The van der Waals surface area contributed by atoms with Crippen LogP contribution in [0.4, 0.5) is 0 Å². The lowest BCUT2D eigenvalue weighted by Crippen LogP contribution is -2.36. The van der Waals surface area contributed by atoms with Gasteiger partial charge in [0.05, 0.1) is 17.1 Å². The molecule has 1 aliphatic heterocycles. The Kier molecular flexibility index (Phi) is 4.48. The van der Waals surface area contributed by atoms with Crippen LogP contribution in [0.15, 0.2) is 22.6 Å². The molecule has 1 aliphatic rings. The van der Waals surface area contributed by atoms with E-state index in [1.165, 1.54) is 19.3 Å². The molecule has 21 heavy (non-hydrogen) atoms. The predicted molar refractivity (Wildman–Crippen MR) is 83.5 cm³/mol. The zero-order chi connectivity index (χ0) is 14.8. The standard InChI is InChI=1S/C15H17Cl2N3O/c1-10-4-2-3-7-20(10)9-14-18-19-15(21-14)12-6-5-11(16)8-13(12)17/h5-6,8,10H,2-4,7,9H2,1H3. The number of halogens is 2. The number of benzene rings is 1. The highest BCUT2D eigenvalue weighted by Gasteiger charge is 2.21. The molecule has 1 aromatic heterocycles. The zero-order valence-electron chi connectivity index (χ0n) is 11.9. The van der Waals surface area contributed by atoms with Crippen LogP contribution in [-0.2, 0) is 6.54 Å². The van der Waals surface area contributed by atoms with Gasteiger partial charge in [-0.2, -0.15) is 0 Å². The number of aromatic nitrogens is 2. The molecule has 2 heterocycles. The Morgan fingerprint density at radius 1 is 1.29 bits per heavy atom. The second kappa shape index (κ2) is 6.34. The third kappa shape index (κ3) is 3.39. The minimum absolute atomic E-state index is 0.441. The van der Waals surface area contributed by atoms with Crippen molar-refractivity contribution in [2.75, 3.05) is 6.54 Å². The molecule has 4 nitrogen and oxygen atoms in total. The summed E-state index contributed by atoms with van der Waals surface area (Å²) in [7, 11) is 0. The van der Waals surface area contributed by atoms with Gasteiger partial charge in [-0.05, 0) is 44.5 Å². The van der Waals surface area contributed by atoms with Crippen molar-refractivity contribution in [3.63, 3.8) is 0 Å². The molecule has 3 rings (SSSR count). The third-order valence-electron chi connectivity index (χ3n) is 3.91. The number of rotatable bonds is 3. The summed E-state index contributed by atoms with van der Waals surface area (Å²) in [6.45, 7) is 4.02. The predicted octanol–water partition coefficient (Wildman–Crippen LogP) is 4.42. The molecule has 2 aromatic rings.